The number of ether oxygens (including phenoxy) is 1. The second kappa shape index (κ2) is 38.5. The van der Waals surface area contributed by atoms with E-state index in [2.05, 4.69) is 271 Å². The van der Waals surface area contributed by atoms with Gasteiger partial charge in [0.1, 0.15) is 0 Å². The van der Waals surface area contributed by atoms with Crippen molar-refractivity contribution in [2.45, 2.75) is 210 Å². The Balaban J connectivity index is 0.000000140. The number of benzene rings is 8. The summed E-state index contributed by atoms with van der Waals surface area (Å²) in [5.74, 6) is 2.96. The van der Waals surface area contributed by atoms with E-state index in [9.17, 15) is 38.4 Å². The smallest absolute Gasteiger partial charge is 0.349 e. The first-order valence-electron chi connectivity index (χ1n) is 42.2. The lowest BCUT2D eigenvalue weighted by atomic mass is 9.96. The zero-order chi connectivity index (χ0) is 86.7. The molecule has 8 aliphatic rings. The minimum atomic E-state index is -0.675. The van der Waals surface area contributed by atoms with E-state index >= 15 is 0 Å². The van der Waals surface area contributed by atoms with Crippen molar-refractivity contribution in [3.05, 3.63) is 320 Å². The highest BCUT2D eigenvalue weighted by Crippen LogP contribution is 2.33. The van der Waals surface area contributed by atoms with Crippen molar-refractivity contribution in [2.24, 2.45) is 0 Å². The summed E-state index contributed by atoms with van der Waals surface area (Å²) in [5.41, 5.74) is 17.1. The highest BCUT2D eigenvalue weighted by molar-refractivity contribution is 5.83. The molecule has 628 valence electrons. The van der Waals surface area contributed by atoms with Gasteiger partial charge >= 0.3 is 22.8 Å². The molecule has 25 nitrogen and oxygen atoms in total. The maximum absolute atomic E-state index is 12.5. The monoisotopic (exact) mass is 1640 g/mol. The van der Waals surface area contributed by atoms with Crippen LogP contribution >= 0.6 is 0 Å². The molecule has 25 heteroatoms. The van der Waals surface area contributed by atoms with Crippen LogP contribution in [-0.4, -0.2) is 90.8 Å². The van der Waals surface area contributed by atoms with Gasteiger partial charge in [0, 0.05) is 32.7 Å². The Morgan fingerprint density at radius 1 is 0.320 bits per heavy atom. The first kappa shape index (κ1) is 86.7. The Morgan fingerprint density at radius 2 is 0.590 bits per heavy atom. The van der Waals surface area contributed by atoms with E-state index < -0.39 is 45.0 Å². The first-order chi connectivity index (χ1) is 58.6. The Bertz CT molecular complexity index is 6580. The van der Waals surface area contributed by atoms with E-state index in [1.807, 2.05) is 73.7 Å². The summed E-state index contributed by atoms with van der Waals surface area (Å²) in [4.78, 5) is 141. The van der Waals surface area contributed by atoms with Crippen molar-refractivity contribution in [1.82, 2.24) is 78.1 Å². The zero-order valence-electron chi connectivity index (χ0n) is 71.9. The van der Waals surface area contributed by atoms with Gasteiger partial charge in [-0.1, -0.05) is 219 Å². The third kappa shape index (κ3) is 20.3. The molecule has 8 heterocycles. The van der Waals surface area contributed by atoms with Gasteiger partial charge in [-0.2, -0.15) is 19.9 Å². The number of rotatable bonds is 24. The van der Waals surface area contributed by atoms with Crippen LogP contribution in [0, 0.1) is 27.7 Å². The van der Waals surface area contributed by atoms with E-state index in [-0.39, 0.29) is 34.7 Å². The molecular weight excluding hydrogens is 1530 g/mol. The number of aromatic nitrogens is 16. The van der Waals surface area contributed by atoms with Gasteiger partial charge in [-0.3, -0.25) is 39.1 Å². The Morgan fingerprint density at radius 3 is 0.893 bits per heavy atom. The average molecular weight is 1640 g/mol. The predicted octanol–water partition coefficient (Wildman–Crippen LogP) is 16.0. The second-order valence-electron chi connectivity index (χ2n) is 32.7. The van der Waals surface area contributed by atoms with E-state index in [1.54, 1.807) is 0 Å². The summed E-state index contributed by atoms with van der Waals surface area (Å²) in [7, 11) is 0. The van der Waals surface area contributed by atoms with Gasteiger partial charge in [0.2, 0.25) is 0 Å². The average Bonchev–Trinajstić information content (AvgIpc) is 0.772. The minimum Gasteiger partial charge on any atom is -0.376 e. The molecule has 0 bridgehead atoms. The van der Waals surface area contributed by atoms with Crippen LogP contribution in [0.15, 0.2) is 208 Å². The summed E-state index contributed by atoms with van der Waals surface area (Å²) in [6, 6.07) is 58.5. The lowest BCUT2D eigenvalue weighted by Crippen LogP contribution is -2.31. The van der Waals surface area contributed by atoms with Crippen molar-refractivity contribution in [2.75, 3.05) is 6.61 Å². The highest BCUT2D eigenvalue weighted by Gasteiger charge is 2.27. The number of aromatic amines is 4. The number of nitrogens with zero attached hydrogens (tertiary/aromatic N) is 12. The molecule has 4 N–H and O–H groups in total. The Labute approximate surface area is 706 Å². The van der Waals surface area contributed by atoms with Crippen LogP contribution in [0.5, 0.6) is 0 Å². The van der Waals surface area contributed by atoms with Gasteiger partial charge in [-0.25, -0.2) is 39.1 Å². The highest BCUT2D eigenvalue weighted by atomic mass is 16.5. The zero-order valence-corrected chi connectivity index (χ0v) is 71.9. The normalized spacial score (nSPS) is 12.6. The summed E-state index contributed by atoms with van der Waals surface area (Å²) >= 11 is 0. The van der Waals surface area contributed by atoms with Crippen LogP contribution in [0.1, 0.15) is 198 Å². The van der Waals surface area contributed by atoms with Crippen LogP contribution in [-0.2, 0) is 50.2 Å². The van der Waals surface area contributed by atoms with Gasteiger partial charge < -0.3 is 23.0 Å². The van der Waals surface area contributed by atoms with Gasteiger partial charge in [0.05, 0.1) is 56.8 Å². The molecular formula is C97H106N16O9. The summed E-state index contributed by atoms with van der Waals surface area (Å²) in [6.45, 7) is 32.5. The molecule has 0 spiro atoms. The molecule has 8 aliphatic heterocycles. The molecule has 16 rings (SSSR count). The van der Waals surface area contributed by atoms with Crippen LogP contribution in [0.25, 0.3) is 90.2 Å². The number of nitrogens with one attached hydrogen (secondary N) is 4. The molecule has 0 aliphatic carbocycles. The maximum Gasteiger partial charge on any atom is 0.349 e. The van der Waals surface area contributed by atoms with Crippen molar-refractivity contribution in [3.63, 3.8) is 0 Å². The van der Waals surface area contributed by atoms with Crippen molar-refractivity contribution in [1.29, 1.82) is 0 Å². The minimum absolute atomic E-state index is 0.159. The largest absolute Gasteiger partial charge is 0.376 e. The SMILES string of the molecule is CCCc1ccc2c(c1)nc1c(=O)[nH]c(=O)nc-1n2CC(Cc1ccc(C)cc1)OCC.CCCc1ccc2c(c1)nc1c(=O)[nH]c(=O)nc-1n2CCC(C)c1ccc(C)cc1.Cc1ccc(C(C)CCn2c3nc(=O)[nH]c(=O)c-3nc3cc(C(C)C)ccc32)cc1.Cc1ccc(C(C)CCn2c3nc(=O)[nH]c(=O)c-3nc3cc(C(C)C)ccc32)cc1. The molecule has 0 amide bonds. The van der Waals surface area contributed by atoms with E-state index in [1.165, 1.54) is 44.5 Å². The van der Waals surface area contributed by atoms with Crippen molar-refractivity contribution in [3.8, 4) is 46.1 Å². The summed E-state index contributed by atoms with van der Waals surface area (Å²) < 4.78 is 13.9. The van der Waals surface area contributed by atoms with Gasteiger partial charge in [0.25, 0.3) is 22.2 Å². The third-order valence-electron chi connectivity index (χ3n) is 22.7. The van der Waals surface area contributed by atoms with Crippen LogP contribution in [0.3, 0.4) is 0 Å². The predicted molar refractivity (Wildman–Crippen MR) is 483 cm³/mol. The van der Waals surface area contributed by atoms with Crippen molar-refractivity contribution >= 4 is 44.1 Å². The Kier molecular flexibility index (Phi) is 27.3. The third-order valence-corrected chi connectivity index (χ3v) is 22.7. The number of fused-ring (bicyclic) bond motifs is 8. The molecule has 122 heavy (non-hydrogen) atoms. The fraction of sp³-hybridized carbons (Fsp3) is 0.340. The number of hydrogen-bond donors (Lipinski definition) is 4. The van der Waals surface area contributed by atoms with Crippen LogP contribution in [0.2, 0.25) is 0 Å². The molecule has 8 aromatic carbocycles. The van der Waals surface area contributed by atoms with E-state index in [0.29, 0.717) is 91.8 Å². The molecule has 0 saturated carbocycles. The molecule has 0 fully saturated rings. The maximum atomic E-state index is 12.5. The number of aryl methyl sites for hydroxylation is 9. The molecule has 4 atom stereocenters. The molecule has 8 aromatic rings. The van der Waals surface area contributed by atoms with E-state index in [4.69, 9.17) is 4.74 Å². The fourth-order valence-electron chi connectivity index (χ4n) is 15.6. The molecule has 0 saturated heterocycles. The van der Waals surface area contributed by atoms with Gasteiger partial charge in [-0.05, 0) is 189 Å². The number of H-pyrrole nitrogens is 4. The Hall–Kier alpha value is -13.2. The summed E-state index contributed by atoms with van der Waals surface area (Å²) in [5, 5.41) is 0. The first-order valence-corrected chi connectivity index (χ1v) is 42.2. The fourth-order valence-corrected chi connectivity index (χ4v) is 15.6. The lowest BCUT2D eigenvalue weighted by Gasteiger charge is -2.23. The quantitative estimate of drug-likeness (QED) is 0.0408. The van der Waals surface area contributed by atoms with Crippen molar-refractivity contribution < 1.29 is 4.74 Å². The van der Waals surface area contributed by atoms with Gasteiger partial charge in [0.15, 0.2) is 46.1 Å². The summed E-state index contributed by atoms with van der Waals surface area (Å²) in [6.07, 6.45) is 7.02. The van der Waals surface area contributed by atoms with Crippen LogP contribution < -0.4 is 45.0 Å². The topological polar surface area (TPSA) is 332 Å². The van der Waals surface area contributed by atoms with Gasteiger partial charge in [-0.15, -0.1) is 0 Å². The standard InChI is InChI=1S/C25H28N4O3.3C24H26N4O2/c1-4-6-17-11-12-21-20(14-17)26-22-23(27-25(31)28-24(22)30)29(21)15-19(32-5-2)13-18-9-7-16(3)8-10-18;2*1-14(2)18-9-10-20-19(13-18)25-21-22(26-24(30)27-23(21)29)28(20)12-11-16(4)17-7-5-15(3)6-8-17;1-4-5-17-8-11-20-19(14-17)25-21-22(26-24(30)27-23(21)29)28(20)13-12-16(3)18-9-6-15(2)7-10-18/h7-12,14,19H,4-6,13,15H2,1-3H3,(H,28,30,31);2*5-10,13-14,16H,11-12H2,1-4H3,(H,27,29,30);6-11,14,16H,4-5,12-13H2,1-3H3,(H,27,29,30). The van der Waals surface area contributed by atoms with Crippen LogP contribution in [0.4, 0.5) is 0 Å². The second-order valence-corrected chi connectivity index (χ2v) is 32.7. The molecule has 0 radical (unpaired) electrons. The molecule has 4 unspecified atom stereocenters. The van der Waals surface area contributed by atoms with E-state index in [0.717, 1.165) is 106 Å². The number of hydrogen-bond acceptors (Lipinski definition) is 17. The lowest BCUT2D eigenvalue weighted by molar-refractivity contribution is 0.0517. The molecule has 0 aromatic heterocycles.